The van der Waals surface area contributed by atoms with Crippen LogP contribution in [0.3, 0.4) is 0 Å². The highest BCUT2D eigenvalue weighted by atomic mass is 16.5. The molecule has 0 bridgehead atoms. The molecule has 0 saturated heterocycles. The summed E-state index contributed by atoms with van der Waals surface area (Å²) < 4.78 is 4.99. The largest absolute Gasteiger partial charge is 0.478 e. The summed E-state index contributed by atoms with van der Waals surface area (Å²) in [5.41, 5.74) is 1.46. The number of aromatic carboxylic acids is 1. The number of hydrogen-bond donors (Lipinski definition) is 2. The van der Waals surface area contributed by atoms with E-state index in [-0.39, 0.29) is 5.56 Å². The Hall–Kier alpha value is -1.73. The number of likely N-dealkylation sites (N-methyl/N-ethyl adjacent to an activating group) is 1. The second kappa shape index (κ2) is 7.76. The lowest BCUT2D eigenvalue weighted by Crippen LogP contribution is -2.29. The summed E-state index contributed by atoms with van der Waals surface area (Å²) in [7, 11) is 3.64. The average Bonchev–Trinajstić information content (AvgIpc) is 2.40. The number of aryl methyl sites for hydroxylation is 1. The molecule has 0 atom stereocenters. The molecular formula is C13H22N4O3. The van der Waals surface area contributed by atoms with Crippen molar-refractivity contribution >= 4 is 11.8 Å². The Morgan fingerprint density at radius 2 is 2.05 bits per heavy atom. The van der Waals surface area contributed by atoms with Gasteiger partial charge in [0.1, 0.15) is 5.56 Å². The van der Waals surface area contributed by atoms with E-state index in [1.807, 2.05) is 7.05 Å². The second-order valence-corrected chi connectivity index (χ2v) is 4.66. The van der Waals surface area contributed by atoms with Crippen molar-refractivity contribution in [2.75, 3.05) is 45.7 Å². The fraction of sp³-hybridized carbons (Fsp3) is 0.615. The number of anilines is 1. The number of aromatic nitrogens is 2. The number of ether oxygens (including phenoxy) is 1. The number of hydrogen-bond acceptors (Lipinski definition) is 6. The fourth-order valence-corrected chi connectivity index (χ4v) is 1.72. The highest BCUT2D eigenvalue weighted by Gasteiger charge is 2.17. The Kier molecular flexibility index (Phi) is 6.33. The van der Waals surface area contributed by atoms with Crippen LogP contribution in [0, 0.1) is 13.8 Å². The molecule has 0 aliphatic rings. The molecular weight excluding hydrogens is 260 g/mol. The molecule has 1 aromatic rings. The predicted octanol–water partition coefficient (Wildman–Crippen LogP) is 0.782. The van der Waals surface area contributed by atoms with E-state index < -0.39 is 5.97 Å². The first-order valence-electron chi connectivity index (χ1n) is 6.46. The summed E-state index contributed by atoms with van der Waals surface area (Å²) in [4.78, 5) is 13.4. The van der Waals surface area contributed by atoms with Gasteiger partial charge in [-0.2, -0.15) is 5.10 Å². The van der Waals surface area contributed by atoms with E-state index in [2.05, 4.69) is 20.4 Å². The standard InChI is InChI=1S/C13H22N4O3/c1-9-10(2)15-16-12(11(9)13(18)19)14-5-6-17(3)7-8-20-4/h5-8H2,1-4H3,(H,14,16)(H,18,19). The van der Waals surface area contributed by atoms with Crippen LogP contribution in [-0.4, -0.2) is 66.6 Å². The van der Waals surface area contributed by atoms with E-state index in [4.69, 9.17) is 4.74 Å². The van der Waals surface area contributed by atoms with Gasteiger partial charge >= 0.3 is 5.97 Å². The summed E-state index contributed by atoms with van der Waals surface area (Å²) in [6.45, 7) is 6.33. The summed E-state index contributed by atoms with van der Waals surface area (Å²) in [6, 6.07) is 0. The molecule has 7 nitrogen and oxygen atoms in total. The molecule has 1 aromatic heterocycles. The molecule has 0 spiro atoms. The third kappa shape index (κ3) is 4.43. The van der Waals surface area contributed by atoms with Crippen molar-refractivity contribution in [2.45, 2.75) is 13.8 Å². The fourth-order valence-electron chi connectivity index (χ4n) is 1.72. The maximum Gasteiger partial charge on any atom is 0.339 e. The SMILES string of the molecule is COCCN(C)CCNc1nnc(C)c(C)c1C(=O)O. The molecule has 1 heterocycles. The Balaban J connectivity index is 2.64. The lowest BCUT2D eigenvalue weighted by Gasteiger charge is -2.17. The molecule has 2 N–H and O–H groups in total. The lowest BCUT2D eigenvalue weighted by molar-refractivity contribution is 0.0696. The lowest BCUT2D eigenvalue weighted by atomic mass is 10.1. The Labute approximate surface area is 119 Å². The van der Waals surface area contributed by atoms with Gasteiger partial charge in [0.2, 0.25) is 0 Å². The van der Waals surface area contributed by atoms with Crippen molar-refractivity contribution in [3.8, 4) is 0 Å². The minimum absolute atomic E-state index is 0.192. The van der Waals surface area contributed by atoms with E-state index in [1.165, 1.54) is 0 Å². The van der Waals surface area contributed by atoms with Crippen molar-refractivity contribution in [3.05, 3.63) is 16.8 Å². The van der Waals surface area contributed by atoms with Crippen molar-refractivity contribution < 1.29 is 14.6 Å². The third-order valence-corrected chi connectivity index (χ3v) is 3.13. The van der Waals surface area contributed by atoms with E-state index in [0.717, 1.165) is 13.1 Å². The Morgan fingerprint density at radius 1 is 1.35 bits per heavy atom. The van der Waals surface area contributed by atoms with Crippen LogP contribution in [0.15, 0.2) is 0 Å². The number of carbonyl (C=O) groups is 1. The number of carboxylic acids is 1. The average molecular weight is 282 g/mol. The van der Waals surface area contributed by atoms with Gasteiger partial charge in [0.25, 0.3) is 0 Å². The minimum atomic E-state index is -0.990. The van der Waals surface area contributed by atoms with Crippen LogP contribution in [0.25, 0.3) is 0 Å². The van der Waals surface area contributed by atoms with Crippen LogP contribution in [0.5, 0.6) is 0 Å². The number of nitrogens with zero attached hydrogens (tertiary/aromatic N) is 3. The molecule has 0 saturated carbocycles. The second-order valence-electron chi connectivity index (χ2n) is 4.66. The van der Waals surface area contributed by atoms with Gasteiger partial charge in [-0.1, -0.05) is 0 Å². The zero-order valence-corrected chi connectivity index (χ0v) is 12.4. The molecule has 112 valence electrons. The molecule has 0 aliphatic carbocycles. The summed E-state index contributed by atoms with van der Waals surface area (Å²) in [6.07, 6.45) is 0. The number of nitrogens with one attached hydrogen (secondary N) is 1. The number of rotatable bonds is 8. The van der Waals surface area contributed by atoms with Crippen molar-refractivity contribution in [1.29, 1.82) is 0 Å². The van der Waals surface area contributed by atoms with Crippen LogP contribution in [0.4, 0.5) is 5.82 Å². The third-order valence-electron chi connectivity index (χ3n) is 3.13. The van der Waals surface area contributed by atoms with Gasteiger partial charge in [0.05, 0.1) is 12.3 Å². The Bertz CT molecular complexity index is 465. The molecule has 0 aliphatic heterocycles. The van der Waals surface area contributed by atoms with Crippen LogP contribution in [0.1, 0.15) is 21.6 Å². The number of carboxylic acid groups (broad SMARTS) is 1. The van der Waals surface area contributed by atoms with Crippen molar-refractivity contribution in [3.63, 3.8) is 0 Å². The molecule has 0 radical (unpaired) electrons. The van der Waals surface area contributed by atoms with Gasteiger partial charge in [-0.05, 0) is 26.5 Å². The number of methoxy groups -OCH3 is 1. The van der Waals surface area contributed by atoms with Crippen LogP contribution in [0.2, 0.25) is 0 Å². The first-order valence-corrected chi connectivity index (χ1v) is 6.46. The molecule has 0 amide bonds. The topological polar surface area (TPSA) is 87.6 Å². The monoisotopic (exact) mass is 282 g/mol. The quantitative estimate of drug-likeness (QED) is 0.728. The Morgan fingerprint density at radius 3 is 2.65 bits per heavy atom. The van der Waals surface area contributed by atoms with Gasteiger partial charge in [-0.15, -0.1) is 5.10 Å². The first kappa shape index (κ1) is 16.3. The summed E-state index contributed by atoms with van der Waals surface area (Å²) >= 11 is 0. The first-order chi connectivity index (χ1) is 9.47. The van der Waals surface area contributed by atoms with Gasteiger partial charge in [0, 0.05) is 26.7 Å². The van der Waals surface area contributed by atoms with E-state index in [9.17, 15) is 9.90 Å². The van der Waals surface area contributed by atoms with E-state index in [1.54, 1.807) is 21.0 Å². The normalized spacial score (nSPS) is 10.8. The van der Waals surface area contributed by atoms with Gasteiger partial charge in [0.15, 0.2) is 5.82 Å². The maximum atomic E-state index is 11.3. The summed E-state index contributed by atoms with van der Waals surface area (Å²) in [5, 5.41) is 20.2. The highest BCUT2D eigenvalue weighted by molar-refractivity contribution is 5.94. The molecule has 0 aromatic carbocycles. The summed E-state index contributed by atoms with van der Waals surface area (Å²) in [5.74, 6) is -0.670. The van der Waals surface area contributed by atoms with Crippen LogP contribution >= 0.6 is 0 Å². The van der Waals surface area contributed by atoms with Crippen LogP contribution < -0.4 is 5.32 Å². The highest BCUT2D eigenvalue weighted by Crippen LogP contribution is 2.17. The zero-order chi connectivity index (χ0) is 15.1. The molecule has 7 heteroatoms. The smallest absolute Gasteiger partial charge is 0.339 e. The van der Waals surface area contributed by atoms with Gasteiger partial charge < -0.3 is 20.1 Å². The van der Waals surface area contributed by atoms with Gasteiger partial charge in [-0.3, -0.25) is 0 Å². The predicted molar refractivity (Wildman–Crippen MR) is 76.3 cm³/mol. The van der Waals surface area contributed by atoms with Crippen molar-refractivity contribution in [2.24, 2.45) is 0 Å². The van der Waals surface area contributed by atoms with Crippen LogP contribution in [-0.2, 0) is 4.74 Å². The maximum absolute atomic E-state index is 11.3. The molecule has 0 fully saturated rings. The molecule has 20 heavy (non-hydrogen) atoms. The minimum Gasteiger partial charge on any atom is -0.478 e. The van der Waals surface area contributed by atoms with Gasteiger partial charge in [-0.25, -0.2) is 4.79 Å². The molecule has 0 unspecified atom stereocenters. The van der Waals surface area contributed by atoms with E-state index in [0.29, 0.717) is 30.2 Å². The molecule has 1 rings (SSSR count). The zero-order valence-electron chi connectivity index (χ0n) is 12.4. The van der Waals surface area contributed by atoms with Crippen molar-refractivity contribution in [1.82, 2.24) is 15.1 Å². The van der Waals surface area contributed by atoms with E-state index >= 15 is 0 Å².